The van der Waals surface area contributed by atoms with E-state index < -0.39 is 0 Å². The minimum atomic E-state index is 0.298. The van der Waals surface area contributed by atoms with E-state index in [-0.39, 0.29) is 0 Å². The molecular formula is C19H28N2O2. The first-order valence-electron chi connectivity index (χ1n) is 8.91. The molecule has 0 spiro atoms. The molecule has 1 saturated carbocycles. The quantitative estimate of drug-likeness (QED) is 0.877. The lowest BCUT2D eigenvalue weighted by molar-refractivity contribution is -0.127. The van der Waals surface area contributed by atoms with Crippen LogP contribution in [0.25, 0.3) is 0 Å². The molecule has 0 bridgehead atoms. The summed E-state index contributed by atoms with van der Waals surface area (Å²) in [7, 11) is 1.68. The molecule has 3 rings (SSSR count). The van der Waals surface area contributed by atoms with Crippen molar-refractivity contribution in [1.29, 1.82) is 0 Å². The third kappa shape index (κ3) is 4.47. The summed E-state index contributed by atoms with van der Waals surface area (Å²) in [5.74, 6) is 1.18. The third-order valence-corrected chi connectivity index (χ3v) is 5.12. The van der Waals surface area contributed by atoms with Gasteiger partial charge in [0, 0.05) is 31.6 Å². The number of carbonyl (C=O) groups excluding carboxylic acids is 1. The Labute approximate surface area is 139 Å². The van der Waals surface area contributed by atoms with Crippen LogP contribution >= 0.6 is 0 Å². The van der Waals surface area contributed by atoms with Gasteiger partial charge in [0.05, 0.1) is 7.11 Å². The van der Waals surface area contributed by atoms with Crippen LogP contribution in [0, 0.1) is 0 Å². The van der Waals surface area contributed by atoms with Crippen molar-refractivity contribution in [3.63, 3.8) is 0 Å². The minimum Gasteiger partial charge on any atom is -0.497 e. The van der Waals surface area contributed by atoms with Crippen LogP contribution in [0.4, 0.5) is 0 Å². The van der Waals surface area contributed by atoms with Crippen LogP contribution in [-0.2, 0) is 11.2 Å². The molecule has 2 aliphatic rings. The van der Waals surface area contributed by atoms with Gasteiger partial charge in [0.25, 0.3) is 0 Å². The highest BCUT2D eigenvalue weighted by atomic mass is 16.5. The van der Waals surface area contributed by atoms with Gasteiger partial charge in [-0.3, -0.25) is 4.79 Å². The van der Waals surface area contributed by atoms with Gasteiger partial charge < -0.3 is 15.0 Å². The largest absolute Gasteiger partial charge is 0.497 e. The van der Waals surface area contributed by atoms with Gasteiger partial charge >= 0.3 is 0 Å². The van der Waals surface area contributed by atoms with E-state index in [4.69, 9.17) is 4.74 Å². The predicted molar refractivity (Wildman–Crippen MR) is 91.7 cm³/mol. The molecule has 0 radical (unpaired) electrons. The zero-order valence-corrected chi connectivity index (χ0v) is 14.1. The van der Waals surface area contributed by atoms with Crippen LogP contribution < -0.4 is 10.1 Å². The molecule has 23 heavy (non-hydrogen) atoms. The highest BCUT2D eigenvalue weighted by molar-refractivity contribution is 5.79. The zero-order valence-electron chi connectivity index (χ0n) is 14.1. The first kappa shape index (κ1) is 16.3. The molecule has 1 aliphatic carbocycles. The Balaban J connectivity index is 1.45. The molecule has 1 saturated heterocycles. The average molecular weight is 316 g/mol. The number of likely N-dealkylation sites (tertiary alicyclic amines) is 1. The molecule has 126 valence electrons. The highest BCUT2D eigenvalue weighted by Gasteiger charge is 2.30. The van der Waals surface area contributed by atoms with E-state index in [0.29, 0.717) is 24.4 Å². The maximum absolute atomic E-state index is 12.2. The van der Waals surface area contributed by atoms with Crippen molar-refractivity contribution in [3.05, 3.63) is 29.8 Å². The van der Waals surface area contributed by atoms with E-state index in [2.05, 4.69) is 17.4 Å². The molecule has 4 nitrogen and oxygen atoms in total. The molecule has 0 aromatic heterocycles. The normalized spacial score (nSPS) is 22.6. The van der Waals surface area contributed by atoms with Crippen LogP contribution in [0.1, 0.15) is 44.1 Å². The molecule has 0 unspecified atom stereocenters. The van der Waals surface area contributed by atoms with Gasteiger partial charge in [-0.1, -0.05) is 31.4 Å². The van der Waals surface area contributed by atoms with Crippen molar-refractivity contribution >= 4 is 5.91 Å². The lowest BCUT2D eigenvalue weighted by Crippen LogP contribution is -2.41. The van der Waals surface area contributed by atoms with Crippen LogP contribution in [0.15, 0.2) is 24.3 Å². The molecule has 1 N–H and O–H groups in total. The Morgan fingerprint density at radius 2 is 1.87 bits per heavy atom. The summed E-state index contributed by atoms with van der Waals surface area (Å²) in [4.78, 5) is 14.2. The topological polar surface area (TPSA) is 41.6 Å². The monoisotopic (exact) mass is 316 g/mol. The van der Waals surface area contributed by atoms with Gasteiger partial charge in [-0.05, 0) is 37.0 Å². The van der Waals surface area contributed by atoms with E-state index in [1.807, 2.05) is 17.0 Å². The third-order valence-electron chi connectivity index (χ3n) is 5.12. The Hall–Kier alpha value is -1.55. The lowest BCUT2D eigenvalue weighted by atomic mass is 9.95. The number of nitrogens with zero attached hydrogens (tertiary/aromatic N) is 1. The van der Waals surface area contributed by atoms with Crippen molar-refractivity contribution in [1.82, 2.24) is 10.2 Å². The van der Waals surface area contributed by atoms with E-state index in [1.54, 1.807) is 7.11 Å². The molecule has 1 aromatic carbocycles. The fourth-order valence-corrected chi connectivity index (χ4v) is 3.76. The number of hydrogen-bond acceptors (Lipinski definition) is 3. The molecule has 4 heteroatoms. The predicted octanol–water partition coefficient (Wildman–Crippen LogP) is 2.76. The molecule has 1 heterocycles. The average Bonchev–Trinajstić information content (AvgIpc) is 2.94. The fourth-order valence-electron chi connectivity index (χ4n) is 3.76. The number of nitrogens with one attached hydrogen (secondary N) is 1. The van der Waals surface area contributed by atoms with Gasteiger partial charge in [0.1, 0.15) is 5.75 Å². The Bertz CT molecular complexity index is 509. The molecule has 1 atom stereocenters. The number of rotatable bonds is 6. The highest BCUT2D eigenvalue weighted by Crippen LogP contribution is 2.20. The summed E-state index contributed by atoms with van der Waals surface area (Å²) in [5.41, 5.74) is 1.25. The molecule has 1 amide bonds. The second-order valence-corrected chi connectivity index (χ2v) is 6.84. The zero-order chi connectivity index (χ0) is 16.1. The maximum Gasteiger partial charge on any atom is 0.224 e. The molecule has 1 aliphatic heterocycles. The summed E-state index contributed by atoms with van der Waals surface area (Å²) in [6.45, 7) is 1.68. The summed E-state index contributed by atoms with van der Waals surface area (Å²) in [5, 5.41) is 3.71. The second-order valence-electron chi connectivity index (χ2n) is 6.84. The number of methoxy groups -OCH3 is 1. The second kappa shape index (κ2) is 7.82. The first-order valence-corrected chi connectivity index (χ1v) is 8.91. The summed E-state index contributed by atoms with van der Waals surface area (Å²) in [6.07, 6.45) is 8.16. The van der Waals surface area contributed by atoms with Crippen molar-refractivity contribution in [2.75, 3.05) is 20.2 Å². The van der Waals surface area contributed by atoms with Gasteiger partial charge in [-0.25, -0.2) is 0 Å². The summed E-state index contributed by atoms with van der Waals surface area (Å²) in [6, 6.07) is 9.10. The first-order chi connectivity index (χ1) is 11.2. The van der Waals surface area contributed by atoms with E-state index in [9.17, 15) is 4.79 Å². The lowest BCUT2D eigenvalue weighted by Gasteiger charge is -2.26. The maximum atomic E-state index is 12.2. The Kier molecular flexibility index (Phi) is 5.55. The molecule has 1 aromatic rings. The standard InChI is InChI=1S/C19H28N2O2/c1-23-18-9-7-15(8-10-18)11-12-21-14-17(13-19(21)22)20-16-5-3-2-4-6-16/h7-10,16-17,20H,2-6,11-14H2,1H3/t17-/m1/s1. The van der Waals surface area contributed by atoms with Gasteiger partial charge in [-0.2, -0.15) is 0 Å². The SMILES string of the molecule is COc1ccc(CCN2C[C@H](NC3CCCCC3)CC2=O)cc1. The van der Waals surface area contributed by atoms with Gasteiger partial charge in [-0.15, -0.1) is 0 Å². The van der Waals surface area contributed by atoms with Gasteiger partial charge in [0.15, 0.2) is 0 Å². The number of amides is 1. The number of carbonyl (C=O) groups is 1. The Morgan fingerprint density at radius 1 is 1.13 bits per heavy atom. The molecular weight excluding hydrogens is 288 g/mol. The van der Waals surface area contributed by atoms with E-state index in [0.717, 1.165) is 25.3 Å². The number of benzene rings is 1. The van der Waals surface area contributed by atoms with Crippen molar-refractivity contribution in [2.24, 2.45) is 0 Å². The van der Waals surface area contributed by atoms with E-state index >= 15 is 0 Å². The summed E-state index contributed by atoms with van der Waals surface area (Å²) < 4.78 is 5.18. The van der Waals surface area contributed by atoms with Crippen molar-refractivity contribution < 1.29 is 9.53 Å². The number of ether oxygens (including phenoxy) is 1. The van der Waals surface area contributed by atoms with Crippen molar-refractivity contribution in [2.45, 2.75) is 57.0 Å². The number of hydrogen-bond donors (Lipinski definition) is 1. The van der Waals surface area contributed by atoms with Crippen LogP contribution in [0.2, 0.25) is 0 Å². The van der Waals surface area contributed by atoms with E-state index in [1.165, 1.54) is 37.7 Å². The van der Waals surface area contributed by atoms with Crippen LogP contribution in [0.5, 0.6) is 5.75 Å². The summed E-state index contributed by atoms with van der Waals surface area (Å²) >= 11 is 0. The minimum absolute atomic E-state index is 0.298. The molecule has 2 fully saturated rings. The van der Waals surface area contributed by atoms with Gasteiger partial charge in [0.2, 0.25) is 5.91 Å². The fraction of sp³-hybridized carbons (Fsp3) is 0.632. The van der Waals surface area contributed by atoms with Crippen molar-refractivity contribution in [3.8, 4) is 5.75 Å². The smallest absolute Gasteiger partial charge is 0.224 e. The Morgan fingerprint density at radius 3 is 2.57 bits per heavy atom. The van der Waals surface area contributed by atoms with Crippen LogP contribution in [-0.4, -0.2) is 43.1 Å². The van der Waals surface area contributed by atoms with Crippen LogP contribution in [0.3, 0.4) is 0 Å².